The van der Waals surface area contributed by atoms with Crippen LogP contribution in [0.15, 0.2) is 0 Å². The molecule has 0 aromatic rings. The average Bonchev–Trinajstić information content (AvgIpc) is 1.74. The standard InChI is InChI=1S/C8H23O4PSi2/c1-7-8-15(5,6)12-13(9,10)11-14(2,3)4/h7-8H2,1-6H3,(H,9,10). The summed E-state index contributed by atoms with van der Waals surface area (Å²) in [6.07, 6.45) is 0.964. The Labute approximate surface area is 94.9 Å². The van der Waals surface area contributed by atoms with Crippen LogP contribution in [0.1, 0.15) is 13.3 Å². The quantitative estimate of drug-likeness (QED) is 0.592. The molecule has 4 nitrogen and oxygen atoms in total. The molecule has 0 rings (SSSR count). The summed E-state index contributed by atoms with van der Waals surface area (Å²) in [5, 5.41) is 0. The Morgan fingerprint density at radius 1 is 1.13 bits per heavy atom. The van der Waals surface area contributed by atoms with Crippen LogP contribution < -0.4 is 0 Å². The van der Waals surface area contributed by atoms with Crippen LogP contribution in [0.5, 0.6) is 0 Å². The van der Waals surface area contributed by atoms with Crippen molar-refractivity contribution >= 4 is 24.5 Å². The largest absolute Gasteiger partial charge is 0.452 e. The van der Waals surface area contributed by atoms with E-state index in [0.717, 1.165) is 12.5 Å². The zero-order valence-electron chi connectivity index (χ0n) is 10.5. The topological polar surface area (TPSA) is 55.8 Å². The van der Waals surface area contributed by atoms with Crippen LogP contribution in [0.25, 0.3) is 0 Å². The van der Waals surface area contributed by atoms with Crippen LogP contribution in [0.2, 0.25) is 38.8 Å². The van der Waals surface area contributed by atoms with Gasteiger partial charge in [-0.25, -0.2) is 4.57 Å². The van der Waals surface area contributed by atoms with E-state index in [1.807, 2.05) is 39.7 Å². The van der Waals surface area contributed by atoms with Crippen molar-refractivity contribution in [2.24, 2.45) is 0 Å². The molecule has 0 bridgehead atoms. The molecular weight excluding hydrogens is 247 g/mol. The van der Waals surface area contributed by atoms with Gasteiger partial charge < -0.3 is 13.3 Å². The van der Waals surface area contributed by atoms with Gasteiger partial charge in [0, 0.05) is 0 Å². The highest BCUT2D eigenvalue weighted by molar-refractivity contribution is 7.51. The molecule has 0 heterocycles. The van der Waals surface area contributed by atoms with E-state index in [0.29, 0.717) is 0 Å². The van der Waals surface area contributed by atoms with Gasteiger partial charge in [-0.2, -0.15) is 0 Å². The first-order valence-corrected chi connectivity index (χ1v) is 13.2. The summed E-state index contributed by atoms with van der Waals surface area (Å²) in [4.78, 5) is 9.59. The van der Waals surface area contributed by atoms with Crippen molar-refractivity contribution in [1.82, 2.24) is 0 Å². The Morgan fingerprint density at radius 2 is 1.60 bits per heavy atom. The number of rotatable bonds is 6. The first-order valence-electron chi connectivity index (χ1n) is 5.22. The van der Waals surface area contributed by atoms with E-state index in [2.05, 4.69) is 0 Å². The SMILES string of the molecule is CCC[Si](C)(C)OP(=O)(O)O[Si](C)(C)C. The highest BCUT2D eigenvalue weighted by atomic mass is 31.2. The van der Waals surface area contributed by atoms with E-state index in [9.17, 15) is 9.46 Å². The molecule has 92 valence electrons. The fraction of sp³-hybridized carbons (Fsp3) is 1.00. The third kappa shape index (κ3) is 8.36. The van der Waals surface area contributed by atoms with Crippen molar-refractivity contribution in [3.05, 3.63) is 0 Å². The van der Waals surface area contributed by atoms with Gasteiger partial charge >= 0.3 is 7.82 Å². The van der Waals surface area contributed by atoms with E-state index in [1.54, 1.807) is 0 Å². The Morgan fingerprint density at radius 3 is 1.93 bits per heavy atom. The van der Waals surface area contributed by atoms with E-state index in [1.165, 1.54) is 0 Å². The normalized spacial score (nSPS) is 17.5. The summed E-state index contributed by atoms with van der Waals surface area (Å²) < 4.78 is 22.2. The minimum Gasteiger partial charge on any atom is -0.331 e. The Bertz CT molecular complexity index is 250. The lowest BCUT2D eigenvalue weighted by molar-refractivity contribution is 0.285. The molecule has 0 fully saturated rings. The highest BCUT2D eigenvalue weighted by Crippen LogP contribution is 2.49. The van der Waals surface area contributed by atoms with Crippen LogP contribution in [0, 0.1) is 0 Å². The fourth-order valence-electron chi connectivity index (χ4n) is 1.32. The maximum Gasteiger partial charge on any atom is 0.452 e. The van der Waals surface area contributed by atoms with Crippen LogP contribution in [0.4, 0.5) is 0 Å². The first kappa shape index (κ1) is 15.5. The molecule has 0 saturated heterocycles. The van der Waals surface area contributed by atoms with Gasteiger partial charge in [-0.05, 0) is 38.8 Å². The summed E-state index contributed by atoms with van der Waals surface area (Å²) in [5.74, 6) is 0. The average molecular weight is 270 g/mol. The van der Waals surface area contributed by atoms with Crippen molar-refractivity contribution in [2.45, 2.75) is 52.1 Å². The van der Waals surface area contributed by atoms with Gasteiger partial charge in [0.1, 0.15) is 0 Å². The molecular formula is C8H23O4PSi2. The van der Waals surface area contributed by atoms with Gasteiger partial charge in [0.05, 0.1) is 0 Å². The zero-order valence-corrected chi connectivity index (χ0v) is 13.4. The van der Waals surface area contributed by atoms with Gasteiger partial charge in [-0.3, -0.25) is 0 Å². The van der Waals surface area contributed by atoms with Crippen molar-refractivity contribution in [3.8, 4) is 0 Å². The van der Waals surface area contributed by atoms with Crippen LogP contribution >= 0.6 is 7.82 Å². The minimum absolute atomic E-state index is 0.868. The van der Waals surface area contributed by atoms with Gasteiger partial charge in [0.15, 0.2) is 8.32 Å². The lowest BCUT2D eigenvalue weighted by atomic mass is 10.6. The number of phosphoric acid groups is 1. The third-order valence-electron chi connectivity index (χ3n) is 1.60. The van der Waals surface area contributed by atoms with E-state index in [-0.39, 0.29) is 0 Å². The third-order valence-corrected chi connectivity index (χ3v) is 9.32. The molecule has 0 aliphatic rings. The van der Waals surface area contributed by atoms with E-state index in [4.69, 9.17) is 8.43 Å². The molecule has 0 saturated carbocycles. The summed E-state index contributed by atoms with van der Waals surface area (Å²) >= 11 is 0. The molecule has 1 atom stereocenters. The lowest BCUT2D eigenvalue weighted by Gasteiger charge is -2.28. The second kappa shape index (κ2) is 5.25. The predicted molar refractivity (Wildman–Crippen MR) is 67.9 cm³/mol. The molecule has 1 N–H and O–H groups in total. The summed E-state index contributed by atoms with van der Waals surface area (Å²) in [6, 6.07) is 0.868. The van der Waals surface area contributed by atoms with Crippen LogP contribution in [-0.2, 0) is 13.0 Å². The summed E-state index contributed by atoms with van der Waals surface area (Å²) in [5.41, 5.74) is 0. The van der Waals surface area contributed by atoms with Crippen molar-refractivity contribution in [1.29, 1.82) is 0 Å². The zero-order chi connectivity index (χ0) is 12.3. The van der Waals surface area contributed by atoms with Gasteiger partial charge in [-0.15, -0.1) is 0 Å². The first-order chi connectivity index (χ1) is 6.47. The Kier molecular flexibility index (Phi) is 5.44. The molecule has 0 aromatic heterocycles. The molecule has 0 aliphatic heterocycles. The molecule has 15 heavy (non-hydrogen) atoms. The van der Waals surface area contributed by atoms with Crippen molar-refractivity contribution < 1.29 is 17.9 Å². The summed E-state index contributed by atoms with van der Waals surface area (Å²) in [7, 11) is -7.93. The molecule has 7 heteroatoms. The van der Waals surface area contributed by atoms with Crippen LogP contribution in [0.3, 0.4) is 0 Å². The molecule has 0 aliphatic carbocycles. The molecule has 0 aromatic carbocycles. The van der Waals surface area contributed by atoms with Gasteiger partial charge in [0.25, 0.3) is 0 Å². The smallest absolute Gasteiger partial charge is 0.331 e. The molecule has 0 amide bonds. The monoisotopic (exact) mass is 270 g/mol. The molecule has 1 unspecified atom stereocenters. The maximum atomic E-state index is 11.7. The second-order valence-corrected chi connectivity index (χ2v) is 15.9. The van der Waals surface area contributed by atoms with Gasteiger partial charge in [-0.1, -0.05) is 13.3 Å². The lowest BCUT2D eigenvalue weighted by Crippen LogP contribution is -2.32. The second-order valence-electron chi connectivity index (χ2n) is 5.27. The van der Waals surface area contributed by atoms with Crippen molar-refractivity contribution in [2.75, 3.05) is 0 Å². The van der Waals surface area contributed by atoms with Gasteiger partial charge in [0.2, 0.25) is 8.32 Å². The summed E-state index contributed by atoms with van der Waals surface area (Å²) in [6.45, 7) is 11.5. The fourth-order valence-corrected chi connectivity index (χ4v) is 8.65. The van der Waals surface area contributed by atoms with E-state index >= 15 is 0 Å². The number of hydrogen-bond donors (Lipinski definition) is 1. The Hall–Kier alpha value is 0.544. The molecule has 0 radical (unpaired) electrons. The maximum absolute atomic E-state index is 11.7. The van der Waals surface area contributed by atoms with Crippen molar-refractivity contribution in [3.63, 3.8) is 0 Å². The van der Waals surface area contributed by atoms with Crippen LogP contribution in [-0.4, -0.2) is 21.5 Å². The molecule has 0 spiro atoms. The Balaban J connectivity index is 4.44. The predicted octanol–water partition coefficient (Wildman–Crippen LogP) is 3.57. The van der Waals surface area contributed by atoms with E-state index < -0.39 is 24.5 Å². The highest BCUT2D eigenvalue weighted by Gasteiger charge is 2.36. The minimum atomic E-state index is -3.84. The number of hydrogen-bond acceptors (Lipinski definition) is 3.